The van der Waals surface area contributed by atoms with E-state index in [4.69, 9.17) is 0 Å². The molecule has 0 aromatic carbocycles. The third-order valence-corrected chi connectivity index (χ3v) is 2.94. The summed E-state index contributed by atoms with van der Waals surface area (Å²) in [5, 5.41) is 0. The number of hydrogen-bond acceptors (Lipinski definition) is 2. The van der Waals surface area contributed by atoms with Crippen LogP contribution in [0.4, 0.5) is 0 Å². The smallest absolute Gasteiger partial charge is 0.148 e. The second-order valence-electron chi connectivity index (χ2n) is 4.00. The molecule has 2 rings (SSSR count). The number of Topliss-reactive ketones (excluding diaryl/α,β-unsaturated/α-hetero) is 1. The number of carbonyl (C=O) groups is 1. The Hall–Kier alpha value is -0.370. The van der Waals surface area contributed by atoms with Crippen molar-refractivity contribution >= 4 is 5.78 Å². The number of nitrogens with zero attached hydrogens (tertiary/aromatic N) is 1. The van der Waals surface area contributed by atoms with Crippen LogP contribution in [0.3, 0.4) is 0 Å². The highest BCUT2D eigenvalue weighted by molar-refractivity contribution is 5.83. The topological polar surface area (TPSA) is 20.3 Å². The molecule has 62 valence electrons. The Kier molecular flexibility index (Phi) is 1.72. The minimum absolute atomic E-state index is 0.448. The number of fused-ring (bicyclic) bond motifs is 1. The number of carbonyl (C=O) groups excluding carboxylic acids is 1. The van der Waals surface area contributed by atoms with Crippen LogP contribution in [0.1, 0.15) is 26.2 Å². The molecule has 2 saturated heterocycles. The van der Waals surface area contributed by atoms with Gasteiger partial charge in [-0.15, -0.1) is 0 Å². The van der Waals surface area contributed by atoms with Crippen LogP contribution in [0.5, 0.6) is 0 Å². The Balaban J connectivity index is 2.02. The average molecular weight is 153 g/mol. The largest absolute Gasteiger partial charge is 0.298 e. The molecule has 2 heterocycles. The quantitative estimate of drug-likeness (QED) is 0.518. The summed E-state index contributed by atoms with van der Waals surface area (Å²) in [6.07, 6.45) is 3.35. The molecule has 2 aliphatic heterocycles. The molecular weight excluding hydrogens is 138 g/mol. The first-order valence-corrected chi connectivity index (χ1v) is 4.51. The summed E-state index contributed by atoms with van der Waals surface area (Å²) < 4.78 is 0. The molecule has 2 heteroatoms. The van der Waals surface area contributed by atoms with Crippen LogP contribution < -0.4 is 0 Å². The van der Waals surface area contributed by atoms with Crippen molar-refractivity contribution in [1.29, 1.82) is 0 Å². The van der Waals surface area contributed by atoms with E-state index in [1.807, 2.05) is 0 Å². The van der Waals surface area contributed by atoms with E-state index in [1.54, 1.807) is 0 Å². The Morgan fingerprint density at radius 1 is 1.55 bits per heavy atom. The molecule has 0 spiro atoms. The molecule has 0 aromatic heterocycles. The van der Waals surface area contributed by atoms with Crippen molar-refractivity contribution in [1.82, 2.24) is 4.90 Å². The Morgan fingerprint density at radius 2 is 2.36 bits per heavy atom. The van der Waals surface area contributed by atoms with Crippen molar-refractivity contribution in [3.05, 3.63) is 0 Å². The Labute approximate surface area is 67.6 Å². The molecule has 2 nitrogen and oxygen atoms in total. The number of hydrogen-bond donors (Lipinski definition) is 0. The first-order valence-electron chi connectivity index (χ1n) is 4.51. The minimum Gasteiger partial charge on any atom is -0.298 e. The van der Waals surface area contributed by atoms with Crippen LogP contribution in [0.2, 0.25) is 0 Å². The molecule has 0 amide bonds. The minimum atomic E-state index is 0.448. The molecule has 2 atom stereocenters. The van der Waals surface area contributed by atoms with Crippen molar-refractivity contribution in [3.63, 3.8) is 0 Å². The fourth-order valence-electron chi connectivity index (χ4n) is 2.27. The van der Waals surface area contributed by atoms with Gasteiger partial charge >= 0.3 is 0 Å². The zero-order valence-electron chi connectivity index (χ0n) is 7.05. The van der Waals surface area contributed by atoms with Crippen LogP contribution in [0, 0.1) is 5.92 Å². The molecule has 0 radical (unpaired) electrons. The van der Waals surface area contributed by atoms with Crippen LogP contribution >= 0.6 is 0 Å². The highest BCUT2D eigenvalue weighted by Crippen LogP contribution is 2.28. The van der Waals surface area contributed by atoms with Gasteiger partial charge in [0.15, 0.2) is 0 Å². The van der Waals surface area contributed by atoms with Gasteiger partial charge in [0.05, 0.1) is 6.54 Å². The van der Waals surface area contributed by atoms with Crippen molar-refractivity contribution < 1.29 is 4.79 Å². The number of rotatable bonds is 0. The van der Waals surface area contributed by atoms with Gasteiger partial charge < -0.3 is 0 Å². The fraction of sp³-hybridized carbons (Fsp3) is 0.889. The third-order valence-electron chi connectivity index (χ3n) is 2.94. The van der Waals surface area contributed by atoms with Crippen molar-refractivity contribution in [2.75, 3.05) is 13.1 Å². The monoisotopic (exact) mass is 153 g/mol. The van der Waals surface area contributed by atoms with E-state index in [2.05, 4.69) is 11.8 Å². The molecule has 2 fully saturated rings. The zero-order chi connectivity index (χ0) is 7.84. The first kappa shape index (κ1) is 7.29. The Bertz CT molecular complexity index is 178. The molecular formula is C9H15NO. The maximum absolute atomic E-state index is 11.1. The number of ketones is 1. The maximum atomic E-state index is 11.1. The summed E-state index contributed by atoms with van der Waals surface area (Å²) in [5.74, 6) is 1.28. The van der Waals surface area contributed by atoms with Gasteiger partial charge in [0.1, 0.15) is 5.78 Å². The fourth-order valence-corrected chi connectivity index (χ4v) is 2.27. The van der Waals surface area contributed by atoms with Crippen LogP contribution in [0.15, 0.2) is 0 Å². The molecule has 0 saturated carbocycles. The molecule has 2 aliphatic rings. The lowest BCUT2D eigenvalue weighted by Gasteiger charge is -2.32. The van der Waals surface area contributed by atoms with E-state index in [0.717, 1.165) is 25.4 Å². The zero-order valence-corrected chi connectivity index (χ0v) is 7.05. The predicted molar refractivity (Wildman–Crippen MR) is 43.4 cm³/mol. The van der Waals surface area contributed by atoms with Gasteiger partial charge in [-0.3, -0.25) is 9.69 Å². The van der Waals surface area contributed by atoms with Gasteiger partial charge in [0.25, 0.3) is 0 Å². The summed E-state index contributed by atoms with van der Waals surface area (Å²) in [6, 6.07) is 0.603. The molecule has 0 N–H and O–H groups in total. The van der Waals surface area contributed by atoms with E-state index in [1.165, 1.54) is 12.8 Å². The average Bonchev–Trinajstić information content (AvgIpc) is 2.27. The van der Waals surface area contributed by atoms with Crippen LogP contribution in [-0.4, -0.2) is 29.8 Å². The second-order valence-corrected chi connectivity index (χ2v) is 4.00. The summed E-state index contributed by atoms with van der Waals surface area (Å²) in [6.45, 7) is 4.18. The summed E-state index contributed by atoms with van der Waals surface area (Å²) in [4.78, 5) is 13.4. The molecule has 0 aliphatic carbocycles. The normalized spacial score (nSPS) is 39.2. The van der Waals surface area contributed by atoms with Crippen molar-refractivity contribution in [2.24, 2.45) is 5.92 Å². The molecule has 0 aromatic rings. The van der Waals surface area contributed by atoms with E-state index < -0.39 is 0 Å². The Morgan fingerprint density at radius 3 is 3.18 bits per heavy atom. The lowest BCUT2D eigenvalue weighted by atomic mass is 9.93. The third kappa shape index (κ3) is 1.32. The van der Waals surface area contributed by atoms with Crippen LogP contribution in [0.25, 0.3) is 0 Å². The van der Waals surface area contributed by atoms with E-state index in [-0.39, 0.29) is 0 Å². The lowest BCUT2D eigenvalue weighted by Crippen LogP contribution is -2.37. The standard InChI is InChI=1S/C9H15NO/c1-7-2-3-10-6-9(11)5-8(10)4-7/h7-8H,2-6H2,1H3. The van der Waals surface area contributed by atoms with Gasteiger partial charge in [-0.2, -0.15) is 0 Å². The SMILES string of the molecule is CC1CCN2CC(=O)CC2C1. The second kappa shape index (κ2) is 2.59. The first-order chi connectivity index (χ1) is 5.25. The highest BCUT2D eigenvalue weighted by Gasteiger charge is 2.34. The molecule has 0 bridgehead atoms. The van der Waals surface area contributed by atoms with Gasteiger partial charge in [0, 0.05) is 12.5 Å². The summed E-state index contributed by atoms with van der Waals surface area (Å²) in [7, 11) is 0. The van der Waals surface area contributed by atoms with Crippen LogP contribution in [-0.2, 0) is 4.79 Å². The van der Waals surface area contributed by atoms with Gasteiger partial charge in [-0.05, 0) is 25.3 Å². The van der Waals surface area contributed by atoms with Gasteiger partial charge in [-0.1, -0.05) is 6.92 Å². The lowest BCUT2D eigenvalue weighted by molar-refractivity contribution is -0.116. The summed E-state index contributed by atoms with van der Waals surface area (Å²) in [5.41, 5.74) is 0. The molecule has 11 heavy (non-hydrogen) atoms. The van der Waals surface area contributed by atoms with E-state index in [9.17, 15) is 4.79 Å². The van der Waals surface area contributed by atoms with E-state index >= 15 is 0 Å². The van der Waals surface area contributed by atoms with Crippen molar-refractivity contribution in [2.45, 2.75) is 32.2 Å². The van der Waals surface area contributed by atoms with Crippen molar-refractivity contribution in [3.8, 4) is 0 Å². The number of piperidine rings is 1. The van der Waals surface area contributed by atoms with Gasteiger partial charge in [-0.25, -0.2) is 0 Å². The highest BCUT2D eigenvalue weighted by atomic mass is 16.1. The summed E-state index contributed by atoms with van der Waals surface area (Å²) >= 11 is 0. The predicted octanol–water partition coefficient (Wildman–Crippen LogP) is 1.06. The molecule has 2 unspecified atom stereocenters. The van der Waals surface area contributed by atoms with E-state index in [0.29, 0.717) is 11.8 Å². The van der Waals surface area contributed by atoms with Gasteiger partial charge in [0.2, 0.25) is 0 Å². The maximum Gasteiger partial charge on any atom is 0.148 e.